The minimum Gasteiger partial charge on any atom is -0.290 e. The number of aromatic nitrogens is 2. The Morgan fingerprint density at radius 2 is 2.00 bits per heavy atom. The van der Waals surface area contributed by atoms with Crippen LogP contribution in [0.2, 0.25) is 5.02 Å². The Bertz CT molecular complexity index is 655. The summed E-state index contributed by atoms with van der Waals surface area (Å²) in [6, 6.07) is 7.79. The highest BCUT2D eigenvalue weighted by Crippen LogP contribution is 2.27. The molecule has 17 heavy (non-hydrogen) atoms. The Morgan fingerprint density at radius 1 is 1.24 bits per heavy atom. The Morgan fingerprint density at radius 3 is 2.71 bits per heavy atom. The van der Waals surface area contributed by atoms with E-state index < -0.39 is 0 Å². The molecule has 2 heterocycles. The highest BCUT2D eigenvalue weighted by atomic mass is 35.5. The molecule has 0 fully saturated rings. The van der Waals surface area contributed by atoms with Crippen molar-refractivity contribution >= 4 is 39.5 Å². The van der Waals surface area contributed by atoms with Crippen LogP contribution >= 0.6 is 34.5 Å². The standard InChI is InChI=1S/C12H8Cl2N2S/c13-5-10-6-16-11(7-17-12(16)15-10)8-1-3-9(14)4-2-8/h1-4,6-7H,5H2. The van der Waals surface area contributed by atoms with Gasteiger partial charge < -0.3 is 0 Å². The minimum absolute atomic E-state index is 0.439. The van der Waals surface area contributed by atoms with Crippen LogP contribution in [0, 0.1) is 0 Å². The molecule has 0 saturated carbocycles. The quantitative estimate of drug-likeness (QED) is 0.635. The Balaban J connectivity index is 2.16. The van der Waals surface area contributed by atoms with Crippen molar-refractivity contribution in [2.45, 2.75) is 5.88 Å². The van der Waals surface area contributed by atoms with Crippen LogP contribution in [0.4, 0.5) is 0 Å². The molecule has 2 nitrogen and oxygen atoms in total. The van der Waals surface area contributed by atoms with E-state index in [2.05, 4.69) is 14.8 Å². The van der Waals surface area contributed by atoms with Crippen molar-refractivity contribution in [3.8, 4) is 11.3 Å². The van der Waals surface area contributed by atoms with Gasteiger partial charge in [0.05, 0.1) is 17.3 Å². The maximum atomic E-state index is 5.88. The molecule has 86 valence electrons. The van der Waals surface area contributed by atoms with Gasteiger partial charge in [-0.3, -0.25) is 4.40 Å². The van der Waals surface area contributed by atoms with Gasteiger partial charge in [-0.05, 0) is 17.7 Å². The molecular formula is C12H8Cl2N2S. The van der Waals surface area contributed by atoms with Crippen molar-refractivity contribution in [1.29, 1.82) is 0 Å². The first-order valence-corrected chi connectivity index (χ1v) is 6.84. The number of nitrogens with zero attached hydrogens (tertiary/aromatic N) is 2. The van der Waals surface area contributed by atoms with Crippen LogP contribution in [0.25, 0.3) is 16.2 Å². The summed E-state index contributed by atoms with van der Waals surface area (Å²) >= 11 is 13.3. The van der Waals surface area contributed by atoms with E-state index in [1.54, 1.807) is 11.3 Å². The molecule has 3 aromatic rings. The number of rotatable bonds is 2. The molecule has 0 unspecified atom stereocenters. The van der Waals surface area contributed by atoms with Crippen LogP contribution < -0.4 is 0 Å². The fourth-order valence-electron chi connectivity index (χ4n) is 1.72. The van der Waals surface area contributed by atoms with Crippen LogP contribution in [0.3, 0.4) is 0 Å². The van der Waals surface area contributed by atoms with E-state index in [0.29, 0.717) is 5.88 Å². The first-order valence-electron chi connectivity index (χ1n) is 5.05. The summed E-state index contributed by atoms with van der Waals surface area (Å²) in [5, 5.41) is 2.83. The smallest absolute Gasteiger partial charge is 0.194 e. The van der Waals surface area contributed by atoms with Crippen molar-refractivity contribution < 1.29 is 0 Å². The van der Waals surface area contributed by atoms with Crippen molar-refractivity contribution in [3.63, 3.8) is 0 Å². The molecule has 1 aromatic carbocycles. The van der Waals surface area contributed by atoms with Crippen molar-refractivity contribution in [2.24, 2.45) is 0 Å². The van der Waals surface area contributed by atoms with Gasteiger partial charge in [0, 0.05) is 16.6 Å². The van der Waals surface area contributed by atoms with E-state index in [1.165, 1.54) is 0 Å². The summed E-state index contributed by atoms with van der Waals surface area (Å²) in [4.78, 5) is 5.38. The lowest BCUT2D eigenvalue weighted by atomic mass is 10.2. The third kappa shape index (κ3) is 1.95. The summed E-state index contributed by atoms with van der Waals surface area (Å²) in [5.74, 6) is 0.439. The second kappa shape index (κ2) is 4.33. The first-order chi connectivity index (χ1) is 8.28. The van der Waals surface area contributed by atoms with E-state index in [4.69, 9.17) is 23.2 Å². The zero-order valence-electron chi connectivity index (χ0n) is 8.73. The predicted octanol–water partition coefficient (Wildman–Crippen LogP) is 4.46. The van der Waals surface area contributed by atoms with E-state index in [1.807, 2.05) is 30.5 Å². The predicted molar refractivity (Wildman–Crippen MR) is 73.1 cm³/mol. The maximum absolute atomic E-state index is 5.88. The molecule has 2 aromatic heterocycles. The van der Waals surface area contributed by atoms with Crippen LogP contribution in [0.15, 0.2) is 35.8 Å². The molecule has 0 aliphatic heterocycles. The van der Waals surface area contributed by atoms with Crippen molar-refractivity contribution in [1.82, 2.24) is 9.38 Å². The molecule has 0 radical (unpaired) electrons. The van der Waals surface area contributed by atoms with Crippen LogP contribution in [-0.2, 0) is 5.88 Å². The third-order valence-electron chi connectivity index (χ3n) is 2.54. The van der Waals surface area contributed by atoms with Gasteiger partial charge in [-0.25, -0.2) is 4.98 Å². The molecule has 0 amide bonds. The molecule has 0 atom stereocenters. The highest BCUT2D eigenvalue weighted by molar-refractivity contribution is 7.15. The van der Waals surface area contributed by atoms with E-state index in [9.17, 15) is 0 Å². The lowest BCUT2D eigenvalue weighted by Crippen LogP contribution is -1.83. The molecule has 0 bridgehead atoms. The normalized spacial score (nSPS) is 11.2. The Kier molecular flexibility index (Phi) is 2.82. The molecule has 0 N–H and O–H groups in total. The van der Waals surface area contributed by atoms with Crippen molar-refractivity contribution in [3.05, 3.63) is 46.6 Å². The fraction of sp³-hybridized carbons (Fsp3) is 0.0833. The molecule has 0 saturated heterocycles. The van der Waals surface area contributed by atoms with Gasteiger partial charge in [0.15, 0.2) is 4.96 Å². The van der Waals surface area contributed by atoms with Gasteiger partial charge in [-0.2, -0.15) is 0 Å². The first kappa shape index (κ1) is 11.1. The number of thiazole rings is 1. The highest BCUT2D eigenvalue weighted by Gasteiger charge is 2.08. The van der Waals surface area contributed by atoms with Crippen molar-refractivity contribution in [2.75, 3.05) is 0 Å². The summed E-state index contributed by atoms with van der Waals surface area (Å²) in [6.07, 6.45) is 1.97. The van der Waals surface area contributed by atoms with Crippen LogP contribution in [-0.4, -0.2) is 9.38 Å². The van der Waals surface area contributed by atoms with Gasteiger partial charge in [0.25, 0.3) is 0 Å². The van der Waals surface area contributed by atoms with Crippen LogP contribution in [0.1, 0.15) is 5.69 Å². The largest absolute Gasteiger partial charge is 0.290 e. The lowest BCUT2D eigenvalue weighted by molar-refractivity contribution is 1.22. The zero-order valence-corrected chi connectivity index (χ0v) is 11.1. The number of hydrogen-bond acceptors (Lipinski definition) is 2. The second-order valence-corrected chi connectivity index (χ2v) is 5.19. The van der Waals surface area contributed by atoms with Crippen LogP contribution in [0.5, 0.6) is 0 Å². The number of alkyl halides is 1. The van der Waals surface area contributed by atoms with Gasteiger partial charge in [0.2, 0.25) is 0 Å². The Labute approximate surface area is 112 Å². The minimum atomic E-state index is 0.439. The van der Waals surface area contributed by atoms with E-state index in [-0.39, 0.29) is 0 Å². The van der Waals surface area contributed by atoms with Gasteiger partial charge in [-0.1, -0.05) is 23.7 Å². The monoisotopic (exact) mass is 282 g/mol. The molecule has 0 aliphatic rings. The molecular weight excluding hydrogens is 275 g/mol. The molecule has 0 spiro atoms. The topological polar surface area (TPSA) is 17.3 Å². The number of halogens is 2. The Hall–Kier alpha value is -1.03. The summed E-state index contributed by atoms with van der Waals surface area (Å²) in [5.41, 5.74) is 3.14. The number of hydrogen-bond donors (Lipinski definition) is 0. The van der Waals surface area contributed by atoms with E-state index in [0.717, 1.165) is 26.9 Å². The summed E-state index contributed by atoms with van der Waals surface area (Å²) in [7, 11) is 0. The SMILES string of the molecule is ClCc1cn2c(-c3ccc(Cl)cc3)csc2n1. The molecule has 5 heteroatoms. The number of imidazole rings is 1. The summed E-state index contributed by atoms with van der Waals surface area (Å²) in [6.45, 7) is 0. The fourth-order valence-corrected chi connectivity index (χ4v) is 2.88. The van der Waals surface area contributed by atoms with Gasteiger partial charge in [-0.15, -0.1) is 22.9 Å². The number of benzene rings is 1. The average Bonchev–Trinajstić information content (AvgIpc) is 2.89. The second-order valence-electron chi connectivity index (χ2n) is 3.65. The maximum Gasteiger partial charge on any atom is 0.194 e. The summed E-state index contributed by atoms with van der Waals surface area (Å²) < 4.78 is 2.06. The third-order valence-corrected chi connectivity index (χ3v) is 3.90. The lowest BCUT2D eigenvalue weighted by Gasteiger charge is -1.99. The van der Waals surface area contributed by atoms with Gasteiger partial charge in [0.1, 0.15) is 0 Å². The van der Waals surface area contributed by atoms with Gasteiger partial charge >= 0.3 is 0 Å². The molecule has 0 aliphatic carbocycles. The average molecular weight is 283 g/mol. The molecule has 3 rings (SSSR count). The number of fused-ring (bicyclic) bond motifs is 1. The zero-order chi connectivity index (χ0) is 11.8. The van der Waals surface area contributed by atoms with E-state index >= 15 is 0 Å².